The normalized spacial score (nSPS) is 10.7. The molecule has 2 rings (SSSR count). The third-order valence-corrected chi connectivity index (χ3v) is 2.59. The molecule has 0 aliphatic rings. The van der Waals surface area contributed by atoms with E-state index in [2.05, 4.69) is 15.5 Å². The standard InChI is InChI=1S/C15H15N3O2/c1-10-3-8-15(20)14(9-10)18-17-13-6-4-12(5-7-13)16-11(2)19/h3-9,20H,1-2H3,(H,16,19)/b18-17+. The van der Waals surface area contributed by atoms with Crippen LogP contribution in [0, 0.1) is 6.92 Å². The van der Waals surface area contributed by atoms with E-state index in [1.165, 1.54) is 6.92 Å². The Balaban J connectivity index is 2.15. The Labute approximate surface area is 117 Å². The van der Waals surface area contributed by atoms with Gasteiger partial charge in [0.25, 0.3) is 0 Å². The molecule has 2 N–H and O–H groups in total. The summed E-state index contributed by atoms with van der Waals surface area (Å²) in [4.78, 5) is 10.9. The molecule has 5 heteroatoms. The van der Waals surface area contributed by atoms with Crippen LogP contribution in [0.5, 0.6) is 5.75 Å². The van der Waals surface area contributed by atoms with Gasteiger partial charge in [-0.1, -0.05) is 6.07 Å². The second-order valence-corrected chi connectivity index (χ2v) is 4.42. The lowest BCUT2D eigenvalue weighted by Gasteiger charge is -2.01. The highest BCUT2D eigenvalue weighted by atomic mass is 16.3. The third-order valence-electron chi connectivity index (χ3n) is 2.59. The van der Waals surface area contributed by atoms with Crippen molar-refractivity contribution in [2.75, 3.05) is 5.32 Å². The smallest absolute Gasteiger partial charge is 0.221 e. The van der Waals surface area contributed by atoms with Crippen molar-refractivity contribution in [1.29, 1.82) is 0 Å². The summed E-state index contributed by atoms with van der Waals surface area (Å²) in [5.41, 5.74) is 2.77. The van der Waals surface area contributed by atoms with Crippen molar-refractivity contribution in [3.05, 3.63) is 48.0 Å². The fourth-order valence-corrected chi connectivity index (χ4v) is 1.64. The average molecular weight is 269 g/mol. The lowest BCUT2D eigenvalue weighted by atomic mass is 10.2. The van der Waals surface area contributed by atoms with Crippen molar-refractivity contribution >= 4 is 23.0 Å². The predicted octanol–water partition coefficient (Wildman–Crippen LogP) is 4.07. The molecule has 0 unspecified atom stereocenters. The SMILES string of the molecule is CC(=O)Nc1ccc(/N=N/c2cc(C)ccc2O)cc1. The van der Waals surface area contributed by atoms with Crippen LogP contribution in [0.25, 0.3) is 0 Å². The molecule has 1 amide bonds. The van der Waals surface area contributed by atoms with Crippen molar-refractivity contribution in [2.24, 2.45) is 10.2 Å². The van der Waals surface area contributed by atoms with E-state index < -0.39 is 0 Å². The number of benzene rings is 2. The first-order valence-corrected chi connectivity index (χ1v) is 6.13. The summed E-state index contributed by atoms with van der Waals surface area (Å²) in [6.45, 7) is 3.37. The highest BCUT2D eigenvalue weighted by Gasteiger charge is 2.00. The van der Waals surface area contributed by atoms with Crippen LogP contribution in [-0.2, 0) is 4.79 Å². The quantitative estimate of drug-likeness (QED) is 0.824. The van der Waals surface area contributed by atoms with E-state index in [0.29, 0.717) is 17.1 Å². The van der Waals surface area contributed by atoms with E-state index in [0.717, 1.165) is 5.56 Å². The van der Waals surface area contributed by atoms with Crippen LogP contribution in [0.3, 0.4) is 0 Å². The van der Waals surface area contributed by atoms with Gasteiger partial charge in [0, 0.05) is 12.6 Å². The van der Waals surface area contributed by atoms with E-state index in [1.807, 2.05) is 6.92 Å². The molecule has 0 aromatic heterocycles. The third kappa shape index (κ3) is 3.65. The largest absolute Gasteiger partial charge is 0.506 e. The molecule has 0 saturated carbocycles. The van der Waals surface area contributed by atoms with Crippen LogP contribution in [0.15, 0.2) is 52.7 Å². The van der Waals surface area contributed by atoms with Gasteiger partial charge >= 0.3 is 0 Å². The van der Waals surface area contributed by atoms with Gasteiger partial charge in [0.05, 0.1) is 5.69 Å². The van der Waals surface area contributed by atoms with E-state index in [-0.39, 0.29) is 11.7 Å². The van der Waals surface area contributed by atoms with E-state index in [1.54, 1.807) is 42.5 Å². The van der Waals surface area contributed by atoms with Gasteiger partial charge in [-0.25, -0.2) is 0 Å². The highest BCUT2D eigenvalue weighted by Crippen LogP contribution is 2.29. The number of hydrogen-bond donors (Lipinski definition) is 2. The number of amides is 1. The average Bonchev–Trinajstić information content (AvgIpc) is 2.41. The minimum atomic E-state index is -0.121. The van der Waals surface area contributed by atoms with E-state index >= 15 is 0 Å². The summed E-state index contributed by atoms with van der Waals surface area (Å²) >= 11 is 0. The Hall–Kier alpha value is -2.69. The number of phenols is 1. The summed E-state index contributed by atoms with van der Waals surface area (Å²) in [5, 5.41) is 20.4. The van der Waals surface area contributed by atoms with Crippen LogP contribution in [-0.4, -0.2) is 11.0 Å². The van der Waals surface area contributed by atoms with Crippen molar-refractivity contribution in [3.63, 3.8) is 0 Å². The second kappa shape index (κ2) is 5.97. The maximum absolute atomic E-state index is 10.9. The number of carbonyl (C=O) groups is 1. The van der Waals surface area contributed by atoms with Crippen LogP contribution in [0.1, 0.15) is 12.5 Å². The Morgan fingerprint density at radius 1 is 1.10 bits per heavy atom. The van der Waals surface area contributed by atoms with E-state index in [4.69, 9.17) is 0 Å². The van der Waals surface area contributed by atoms with Crippen LogP contribution >= 0.6 is 0 Å². The number of azo groups is 1. The number of carbonyl (C=O) groups excluding carboxylic acids is 1. The molecular formula is C15H15N3O2. The summed E-state index contributed by atoms with van der Waals surface area (Å²) < 4.78 is 0. The summed E-state index contributed by atoms with van der Waals surface area (Å²) in [6, 6.07) is 12.1. The van der Waals surface area contributed by atoms with Gasteiger partial charge in [-0.3, -0.25) is 4.79 Å². The first kappa shape index (κ1) is 13.7. The number of aromatic hydroxyl groups is 1. The molecule has 0 aliphatic heterocycles. The number of nitrogens with zero attached hydrogens (tertiary/aromatic N) is 2. The molecule has 0 aliphatic carbocycles. The van der Waals surface area contributed by atoms with Crippen LogP contribution in [0.4, 0.5) is 17.1 Å². The zero-order valence-corrected chi connectivity index (χ0v) is 11.3. The molecule has 102 valence electrons. The van der Waals surface area contributed by atoms with Gasteiger partial charge < -0.3 is 10.4 Å². The zero-order valence-electron chi connectivity index (χ0n) is 11.3. The Morgan fingerprint density at radius 2 is 1.80 bits per heavy atom. The summed E-state index contributed by atoms with van der Waals surface area (Å²) in [7, 11) is 0. The molecule has 20 heavy (non-hydrogen) atoms. The molecular weight excluding hydrogens is 254 g/mol. The molecule has 2 aromatic carbocycles. The van der Waals surface area contributed by atoms with Crippen molar-refractivity contribution < 1.29 is 9.90 Å². The molecule has 0 bridgehead atoms. The topological polar surface area (TPSA) is 74.0 Å². The predicted molar refractivity (Wildman–Crippen MR) is 77.8 cm³/mol. The first-order chi connectivity index (χ1) is 9.54. The molecule has 0 saturated heterocycles. The molecule has 0 spiro atoms. The lowest BCUT2D eigenvalue weighted by molar-refractivity contribution is -0.114. The maximum Gasteiger partial charge on any atom is 0.221 e. The number of hydrogen-bond acceptors (Lipinski definition) is 4. The van der Waals surface area contributed by atoms with Crippen molar-refractivity contribution in [1.82, 2.24) is 0 Å². The van der Waals surface area contributed by atoms with Gasteiger partial charge in [0.2, 0.25) is 5.91 Å². The monoisotopic (exact) mass is 269 g/mol. The molecule has 0 heterocycles. The number of nitrogens with one attached hydrogen (secondary N) is 1. The number of phenolic OH excluding ortho intramolecular Hbond substituents is 1. The highest BCUT2D eigenvalue weighted by molar-refractivity contribution is 5.88. The molecule has 5 nitrogen and oxygen atoms in total. The fraction of sp³-hybridized carbons (Fsp3) is 0.133. The lowest BCUT2D eigenvalue weighted by Crippen LogP contribution is -2.04. The molecule has 0 radical (unpaired) electrons. The Morgan fingerprint density at radius 3 is 2.45 bits per heavy atom. The summed E-state index contributed by atoms with van der Waals surface area (Å²) in [6.07, 6.45) is 0. The number of anilines is 1. The summed E-state index contributed by atoms with van der Waals surface area (Å²) in [5.74, 6) is -0.0294. The van der Waals surface area contributed by atoms with Gasteiger partial charge in [-0.05, 0) is 48.9 Å². The van der Waals surface area contributed by atoms with Gasteiger partial charge in [0.1, 0.15) is 11.4 Å². The Kier molecular flexibility index (Phi) is 4.10. The number of aryl methyl sites for hydroxylation is 1. The van der Waals surface area contributed by atoms with Crippen LogP contribution in [0.2, 0.25) is 0 Å². The first-order valence-electron chi connectivity index (χ1n) is 6.13. The van der Waals surface area contributed by atoms with Gasteiger partial charge in [0.15, 0.2) is 0 Å². The zero-order chi connectivity index (χ0) is 14.5. The fourth-order valence-electron chi connectivity index (χ4n) is 1.64. The molecule has 0 fully saturated rings. The van der Waals surface area contributed by atoms with Crippen molar-refractivity contribution in [2.45, 2.75) is 13.8 Å². The minimum absolute atomic E-state index is 0.0919. The number of rotatable bonds is 3. The second-order valence-electron chi connectivity index (χ2n) is 4.42. The van der Waals surface area contributed by atoms with Crippen molar-refractivity contribution in [3.8, 4) is 5.75 Å². The molecule has 2 aromatic rings. The van der Waals surface area contributed by atoms with Gasteiger partial charge in [-0.15, -0.1) is 5.11 Å². The maximum atomic E-state index is 10.9. The van der Waals surface area contributed by atoms with Crippen LogP contribution < -0.4 is 5.32 Å². The molecule has 0 atom stereocenters. The van der Waals surface area contributed by atoms with Gasteiger partial charge in [-0.2, -0.15) is 5.11 Å². The Bertz CT molecular complexity index is 649. The van der Waals surface area contributed by atoms with E-state index in [9.17, 15) is 9.90 Å². The minimum Gasteiger partial charge on any atom is -0.506 e.